The second-order valence-electron chi connectivity index (χ2n) is 16.9. The van der Waals surface area contributed by atoms with Gasteiger partial charge in [0.15, 0.2) is 0 Å². The van der Waals surface area contributed by atoms with E-state index in [0.29, 0.717) is 0 Å². The third-order valence-corrected chi connectivity index (χ3v) is 14.3. The molecule has 0 atom stereocenters. The van der Waals surface area contributed by atoms with Gasteiger partial charge in [-0.2, -0.15) is 0 Å². The van der Waals surface area contributed by atoms with Crippen molar-refractivity contribution in [2.45, 2.75) is 51.9 Å². The van der Waals surface area contributed by atoms with E-state index in [0.717, 1.165) is 6.42 Å². The van der Waals surface area contributed by atoms with Crippen molar-refractivity contribution in [3.8, 4) is 22.3 Å². The van der Waals surface area contributed by atoms with E-state index in [1.165, 1.54) is 114 Å². The summed E-state index contributed by atoms with van der Waals surface area (Å²) in [6.07, 6.45) is 5.81. The predicted molar refractivity (Wildman–Crippen MR) is 240 cm³/mol. The summed E-state index contributed by atoms with van der Waals surface area (Å²) < 4.78 is 2.73. The van der Waals surface area contributed by atoms with Crippen LogP contribution in [0.1, 0.15) is 62.4 Å². The molecular formula is C54H42S. The van der Waals surface area contributed by atoms with Crippen LogP contribution in [0.4, 0.5) is 0 Å². The molecule has 264 valence electrons. The highest BCUT2D eigenvalue weighted by atomic mass is 32.1. The second-order valence-corrected chi connectivity index (χ2v) is 18.0. The maximum absolute atomic E-state index is 2.48. The van der Waals surface area contributed by atoms with Crippen LogP contribution in [0, 0.1) is 0 Å². The van der Waals surface area contributed by atoms with Crippen molar-refractivity contribution in [2.75, 3.05) is 0 Å². The van der Waals surface area contributed by atoms with Crippen LogP contribution in [0.25, 0.3) is 80.3 Å². The summed E-state index contributed by atoms with van der Waals surface area (Å²) in [7, 11) is 0. The summed E-state index contributed by atoms with van der Waals surface area (Å²) in [5.41, 5.74) is 15.1. The quantitative estimate of drug-likeness (QED) is 0.159. The zero-order valence-corrected chi connectivity index (χ0v) is 32.9. The molecule has 9 aromatic rings. The van der Waals surface area contributed by atoms with Crippen LogP contribution in [-0.4, -0.2) is 0 Å². The maximum Gasteiger partial charge on any atom is 0.0361 e. The van der Waals surface area contributed by atoms with Crippen molar-refractivity contribution in [3.63, 3.8) is 0 Å². The first-order chi connectivity index (χ1) is 26.7. The van der Waals surface area contributed by atoms with Gasteiger partial charge in [-0.05, 0) is 132 Å². The normalized spacial score (nSPS) is 16.5. The Bertz CT molecular complexity index is 3120. The van der Waals surface area contributed by atoms with Crippen LogP contribution in [0.2, 0.25) is 0 Å². The molecule has 11 rings (SSSR count). The highest BCUT2D eigenvalue weighted by Gasteiger charge is 2.36. The third-order valence-electron chi connectivity index (χ3n) is 13.1. The van der Waals surface area contributed by atoms with E-state index < -0.39 is 0 Å². The first-order valence-corrected chi connectivity index (χ1v) is 20.4. The van der Waals surface area contributed by atoms with Crippen LogP contribution >= 0.6 is 11.3 Å². The molecule has 0 bridgehead atoms. The fraction of sp³-hybridized carbons (Fsp3) is 0.148. The van der Waals surface area contributed by atoms with Gasteiger partial charge < -0.3 is 0 Å². The molecule has 2 aliphatic rings. The van der Waals surface area contributed by atoms with Crippen molar-refractivity contribution < 1.29 is 0 Å². The predicted octanol–water partition coefficient (Wildman–Crippen LogP) is 15.4. The van der Waals surface area contributed by atoms with Gasteiger partial charge in [0.2, 0.25) is 0 Å². The molecular weight excluding hydrogens is 681 g/mol. The lowest BCUT2D eigenvalue weighted by molar-refractivity contribution is 0.645. The second kappa shape index (κ2) is 11.6. The highest BCUT2D eigenvalue weighted by molar-refractivity contribution is 7.25. The Morgan fingerprint density at radius 2 is 1.16 bits per heavy atom. The van der Waals surface area contributed by atoms with Crippen molar-refractivity contribution in [1.82, 2.24) is 0 Å². The molecule has 0 spiro atoms. The van der Waals surface area contributed by atoms with Gasteiger partial charge in [0.05, 0.1) is 0 Å². The zero-order valence-electron chi connectivity index (χ0n) is 32.0. The largest absolute Gasteiger partial charge is 0.135 e. The van der Waals surface area contributed by atoms with Crippen LogP contribution < -0.4 is 0 Å². The molecule has 0 amide bonds. The molecule has 0 fully saturated rings. The summed E-state index contributed by atoms with van der Waals surface area (Å²) >= 11 is 1.90. The summed E-state index contributed by atoms with van der Waals surface area (Å²) in [4.78, 5) is 0. The van der Waals surface area contributed by atoms with Gasteiger partial charge in [0.25, 0.3) is 0 Å². The van der Waals surface area contributed by atoms with Gasteiger partial charge in [0.1, 0.15) is 0 Å². The van der Waals surface area contributed by atoms with Gasteiger partial charge in [-0.1, -0.05) is 155 Å². The SMILES string of the molecule is C/C(=C\C=C1/Cc2cc3cc4c(cc3cc2C1(C)C)sc1ccccc14)c1c2ccccc2c(-c2ccc3c(c2)C(C)(C)c2ccccc2-3)c2ccccc12. The number of hydrogen-bond donors (Lipinski definition) is 0. The maximum atomic E-state index is 2.48. The van der Waals surface area contributed by atoms with Crippen molar-refractivity contribution in [1.29, 1.82) is 0 Å². The lowest BCUT2D eigenvalue weighted by Crippen LogP contribution is -2.15. The third kappa shape index (κ3) is 4.69. The topological polar surface area (TPSA) is 0 Å². The van der Waals surface area contributed by atoms with Crippen LogP contribution in [-0.2, 0) is 17.3 Å². The van der Waals surface area contributed by atoms with E-state index in [-0.39, 0.29) is 10.8 Å². The van der Waals surface area contributed by atoms with Crippen LogP contribution in [0.15, 0.2) is 157 Å². The summed E-state index contributed by atoms with van der Waals surface area (Å²) in [5, 5.41) is 10.6. The molecule has 8 aromatic carbocycles. The number of hydrogen-bond acceptors (Lipinski definition) is 1. The van der Waals surface area contributed by atoms with Gasteiger partial charge in [-0.15, -0.1) is 11.3 Å². The smallest absolute Gasteiger partial charge is 0.0361 e. The van der Waals surface area contributed by atoms with Gasteiger partial charge in [-0.25, -0.2) is 0 Å². The van der Waals surface area contributed by atoms with E-state index in [2.05, 4.69) is 186 Å². The molecule has 1 heteroatoms. The Kier molecular flexibility index (Phi) is 6.90. The van der Waals surface area contributed by atoms with E-state index in [4.69, 9.17) is 0 Å². The Labute approximate surface area is 327 Å². The molecule has 0 radical (unpaired) electrons. The van der Waals surface area contributed by atoms with Gasteiger partial charge in [-0.3, -0.25) is 0 Å². The molecule has 0 nitrogen and oxygen atoms in total. The first kappa shape index (κ1) is 32.7. The fourth-order valence-electron chi connectivity index (χ4n) is 10.2. The lowest BCUT2D eigenvalue weighted by Gasteiger charge is -2.23. The molecule has 1 heterocycles. The van der Waals surface area contributed by atoms with Crippen molar-refractivity contribution in [3.05, 3.63) is 185 Å². The minimum atomic E-state index is -0.0512. The molecule has 0 unspecified atom stereocenters. The lowest BCUT2D eigenvalue weighted by atomic mass is 9.80. The number of allylic oxidation sites excluding steroid dienone is 4. The molecule has 2 aliphatic carbocycles. The first-order valence-electron chi connectivity index (χ1n) is 19.6. The summed E-state index contributed by atoms with van der Waals surface area (Å²) in [6.45, 7) is 11.9. The van der Waals surface area contributed by atoms with Crippen molar-refractivity contribution in [2.24, 2.45) is 0 Å². The van der Waals surface area contributed by atoms with Crippen molar-refractivity contribution >= 4 is 69.4 Å². The molecule has 0 saturated heterocycles. The number of benzene rings is 8. The summed E-state index contributed by atoms with van der Waals surface area (Å²) in [5.74, 6) is 0. The Hall–Kier alpha value is -5.76. The monoisotopic (exact) mass is 722 g/mol. The van der Waals surface area contributed by atoms with Gasteiger partial charge >= 0.3 is 0 Å². The van der Waals surface area contributed by atoms with Crippen LogP contribution in [0.5, 0.6) is 0 Å². The number of fused-ring (bicyclic) bond motifs is 10. The summed E-state index contributed by atoms with van der Waals surface area (Å²) in [6, 6.07) is 52.8. The zero-order chi connectivity index (χ0) is 37.2. The highest BCUT2D eigenvalue weighted by Crippen LogP contribution is 2.51. The minimum Gasteiger partial charge on any atom is -0.135 e. The molecule has 0 saturated carbocycles. The fourth-order valence-corrected chi connectivity index (χ4v) is 11.3. The van der Waals surface area contributed by atoms with E-state index in [1.807, 2.05) is 11.3 Å². The van der Waals surface area contributed by atoms with E-state index >= 15 is 0 Å². The standard InChI is InChI=1S/C54H42S/c1-32(22-24-37-27-36-26-34-28-45-40-15-11-13-21-49(40)55-50(45)31-35(34)30-47(36)53(37,2)3)51-41-16-6-8-18-43(41)52(44-19-9-7-17-42(44)51)33-23-25-39-38-14-10-12-20-46(38)54(4,5)48(39)29-33/h6-26,28-31H,27H2,1-5H3/b32-22+,37-24+. The van der Waals surface area contributed by atoms with Crippen LogP contribution in [0.3, 0.4) is 0 Å². The van der Waals surface area contributed by atoms with E-state index in [1.54, 1.807) is 0 Å². The Balaban J connectivity index is 1.02. The Morgan fingerprint density at radius 1 is 0.527 bits per heavy atom. The number of rotatable bonds is 3. The average Bonchev–Trinajstić information content (AvgIpc) is 3.77. The molecule has 0 aliphatic heterocycles. The van der Waals surface area contributed by atoms with E-state index in [9.17, 15) is 0 Å². The minimum absolute atomic E-state index is 0.0495. The average molecular weight is 723 g/mol. The van der Waals surface area contributed by atoms with Gasteiger partial charge in [0, 0.05) is 31.0 Å². The molecule has 55 heavy (non-hydrogen) atoms. The molecule has 0 N–H and O–H groups in total. The number of thiophene rings is 1. The molecule has 1 aromatic heterocycles. The Morgan fingerprint density at radius 3 is 1.93 bits per heavy atom.